The number of carbonyl (C=O) groups is 1. The Morgan fingerprint density at radius 1 is 1.28 bits per heavy atom. The van der Waals surface area contributed by atoms with E-state index in [-0.39, 0.29) is 0 Å². The second-order valence-electron chi connectivity index (χ2n) is 6.15. The molecule has 0 saturated carbocycles. The van der Waals surface area contributed by atoms with E-state index in [4.69, 9.17) is 4.74 Å². The van der Waals surface area contributed by atoms with Gasteiger partial charge in [-0.2, -0.15) is 0 Å². The number of hydrogen-bond donors (Lipinski definition) is 2. The lowest BCUT2D eigenvalue weighted by Gasteiger charge is -2.26. The lowest BCUT2D eigenvalue weighted by atomic mass is 10.1. The van der Waals surface area contributed by atoms with E-state index in [1.165, 1.54) is 4.90 Å². The van der Waals surface area contributed by atoms with Crippen molar-refractivity contribution in [3.8, 4) is 5.75 Å². The van der Waals surface area contributed by atoms with Gasteiger partial charge in [-0.25, -0.2) is 9.78 Å². The Labute approximate surface area is 145 Å². The van der Waals surface area contributed by atoms with E-state index in [2.05, 4.69) is 9.97 Å². The maximum absolute atomic E-state index is 11.4. The Bertz CT molecular complexity index is 919. The molecule has 2 N–H and O–H groups in total. The Morgan fingerprint density at radius 3 is 3.08 bits per heavy atom. The number of aromatic amines is 1. The van der Waals surface area contributed by atoms with Crippen molar-refractivity contribution < 1.29 is 14.6 Å². The number of carboxylic acid groups (broad SMARTS) is 1. The molecule has 3 heterocycles. The smallest absolute Gasteiger partial charge is 0.413 e. The zero-order valence-corrected chi connectivity index (χ0v) is 13.7. The van der Waals surface area contributed by atoms with Crippen molar-refractivity contribution in [1.82, 2.24) is 9.97 Å². The van der Waals surface area contributed by atoms with Gasteiger partial charge in [0.1, 0.15) is 11.6 Å². The maximum atomic E-state index is 11.4. The number of nitrogens with one attached hydrogen (secondary N) is 1. The van der Waals surface area contributed by atoms with Gasteiger partial charge in [-0.1, -0.05) is 6.07 Å². The molecule has 3 aromatic rings. The Balaban J connectivity index is 1.44. The van der Waals surface area contributed by atoms with Gasteiger partial charge in [-0.15, -0.1) is 0 Å². The van der Waals surface area contributed by atoms with Gasteiger partial charge >= 0.3 is 6.09 Å². The van der Waals surface area contributed by atoms with Crippen molar-refractivity contribution in [2.45, 2.75) is 19.3 Å². The van der Waals surface area contributed by atoms with Crippen LogP contribution in [0.3, 0.4) is 0 Å². The van der Waals surface area contributed by atoms with Crippen LogP contribution in [0.2, 0.25) is 0 Å². The first-order chi connectivity index (χ1) is 12.2. The van der Waals surface area contributed by atoms with Crippen molar-refractivity contribution in [3.63, 3.8) is 0 Å². The summed E-state index contributed by atoms with van der Waals surface area (Å²) in [5, 5.41) is 10.4. The van der Waals surface area contributed by atoms with Crippen molar-refractivity contribution >= 4 is 22.8 Å². The second-order valence-corrected chi connectivity index (χ2v) is 6.15. The highest BCUT2D eigenvalue weighted by molar-refractivity contribution is 5.86. The average Bonchev–Trinajstić information content (AvgIpc) is 3.09. The molecule has 6 nitrogen and oxygen atoms in total. The van der Waals surface area contributed by atoms with E-state index in [1.807, 2.05) is 42.6 Å². The summed E-state index contributed by atoms with van der Waals surface area (Å²) in [5.41, 5.74) is 2.92. The summed E-state index contributed by atoms with van der Waals surface area (Å²) < 4.78 is 5.82. The number of ether oxygens (including phenoxy) is 1. The number of fused-ring (bicyclic) bond motifs is 2. The quantitative estimate of drug-likeness (QED) is 0.762. The SMILES string of the molecule is O=C(O)N1CCCc2ccc(CCOc3ccc4[nH]ccc4c3)nc21. The van der Waals surface area contributed by atoms with Crippen LogP contribution in [0.1, 0.15) is 17.7 Å². The molecule has 0 fully saturated rings. The molecule has 0 unspecified atom stereocenters. The van der Waals surface area contributed by atoms with Crippen LogP contribution in [-0.2, 0) is 12.8 Å². The molecule has 1 aliphatic rings. The van der Waals surface area contributed by atoms with Crippen molar-refractivity contribution in [2.24, 2.45) is 0 Å². The average molecular weight is 337 g/mol. The van der Waals surface area contributed by atoms with Crippen molar-refractivity contribution in [1.29, 1.82) is 0 Å². The Morgan fingerprint density at radius 2 is 2.20 bits per heavy atom. The first-order valence-electron chi connectivity index (χ1n) is 8.40. The fourth-order valence-corrected chi connectivity index (χ4v) is 3.20. The van der Waals surface area contributed by atoms with Crippen molar-refractivity contribution in [2.75, 3.05) is 18.1 Å². The molecule has 0 radical (unpaired) electrons. The van der Waals surface area contributed by atoms with Gasteiger partial charge in [0.05, 0.1) is 6.61 Å². The van der Waals surface area contributed by atoms with E-state index in [1.54, 1.807) is 0 Å². The fourth-order valence-electron chi connectivity index (χ4n) is 3.20. The van der Waals surface area contributed by atoms with Gasteiger partial charge in [0, 0.05) is 35.8 Å². The van der Waals surface area contributed by atoms with E-state index in [0.717, 1.165) is 40.8 Å². The topological polar surface area (TPSA) is 78.5 Å². The molecule has 128 valence electrons. The molecule has 1 amide bonds. The van der Waals surface area contributed by atoms with Crippen LogP contribution in [-0.4, -0.2) is 34.3 Å². The Kier molecular flexibility index (Phi) is 4.01. The van der Waals surface area contributed by atoms with Crippen LogP contribution < -0.4 is 9.64 Å². The lowest BCUT2D eigenvalue weighted by molar-refractivity contribution is 0.201. The molecular weight excluding hydrogens is 318 g/mol. The summed E-state index contributed by atoms with van der Waals surface area (Å²) in [6, 6.07) is 11.9. The summed E-state index contributed by atoms with van der Waals surface area (Å²) in [6.07, 6.45) is 3.30. The number of pyridine rings is 1. The van der Waals surface area contributed by atoms with Gasteiger partial charge in [0.2, 0.25) is 0 Å². The number of aromatic nitrogens is 2. The fraction of sp³-hybridized carbons (Fsp3) is 0.263. The normalized spacial score (nSPS) is 13.7. The molecule has 25 heavy (non-hydrogen) atoms. The zero-order valence-electron chi connectivity index (χ0n) is 13.7. The van der Waals surface area contributed by atoms with Crippen LogP contribution >= 0.6 is 0 Å². The predicted octanol–water partition coefficient (Wildman–Crippen LogP) is 3.62. The zero-order chi connectivity index (χ0) is 17.2. The van der Waals surface area contributed by atoms with Crippen LogP contribution in [0.25, 0.3) is 10.9 Å². The summed E-state index contributed by atoms with van der Waals surface area (Å²) in [6.45, 7) is 1.00. The number of anilines is 1. The molecule has 1 aliphatic heterocycles. The highest BCUT2D eigenvalue weighted by Crippen LogP contribution is 2.25. The number of aryl methyl sites for hydroxylation is 1. The number of nitrogens with zero attached hydrogens (tertiary/aromatic N) is 2. The standard InChI is InChI=1S/C19H19N3O3/c23-19(24)22-10-1-2-13-3-4-15(21-18(13)22)8-11-25-16-5-6-17-14(12-16)7-9-20-17/h3-7,9,12,20H,1-2,8,10-11H2,(H,23,24). The minimum absolute atomic E-state index is 0.495. The molecule has 0 saturated heterocycles. The summed E-state index contributed by atoms with van der Waals surface area (Å²) in [5.74, 6) is 1.39. The van der Waals surface area contributed by atoms with Crippen LogP contribution in [0.15, 0.2) is 42.6 Å². The van der Waals surface area contributed by atoms with E-state index in [0.29, 0.717) is 25.4 Å². The molecule has 0 spiro atoms. The second kappa shape index (κ2) is 6.47. The largest absolute Gasteiger partial charge is 0.493 e. The number of H-pyrrole nitrogens is 1. The molecule has 2 aromatic heterocycles. The van der Waals surface area contributed by atoms with Crippen LogP contribution in [0.5, 0.6) is 5.75 Å². The first kappa shape index (κ1) is 15.5. The van der Waals surface area contributed by atoms with E-state index < -0.39 is 6.09 Å². The highest BCUT2D eigenvalue weighted by atomic mass is 16.5. The van der Waals surface area contributed by atoms with Gasteiger partial charge in [-0.05, 0) is 48.7 Å². The number of amides is 1. The summed E-state index contributed by atoms with van der Waals surface area (Å²) >= 11 is 0. The number of benzene rings is 1. The number of rotatable bonds is 4. The third-order valence-corrected chi connectivity index (χ3v) is 4.48. The minimum Gasteiger partial charge on any atom is -0.493 e. The molecule has 0 bridgehead atoms. The monoisotopic (exact) mass is 337 g/mol. The third kappa shape index (κ3) is 3.15. The molecule has 0 atom stereocenters. The van der Waals surface area contributed by atoms with Crippen molar-refractivity contribution in [3.05, 3.63) is 53.9 Å². The lowest BCUT2D eigenvalue weighted by Crippen LogP contribution is -2.35. The van der Waals surface area contributed by atoms with Gasteiger partial charge in [0.25, 0.3) is 0 Å². The van der Waals surface area contributed by atoms with E-state index in [9.17, 15) is 9.90 Å². The maximum Gasteiger partial charge on any atom is 0.413 e. The molecule has 0 aliphatic carbocycles. The Hall–Kier alpha value is -3.02. The van der Waals surface area contributed by atoms with Crippen LogP contribution in [0, 0.1) is 0 Å². The first-order valence-corrected chi connectivity index (χ1v) is 8.40. The summed E-state index contributed by atoms with van der Waals surface area (Å²) in [7, 11) is 0. The highest BCUT2D eigenvalue weighted by Gasteiger charge is 2.23. The summed E-state index contributed by atoms with van der Waals surface area (Å²) in [4.78, 5) is 20.4. The molecule has 6 heteroatoms. The van der Waals surface area contributed by atoms with E-state index >= 15 is 0 Å². The van der Waals surface area contributed by atoms with Gasteiger partial charge in [0.15, 0.2) is 0 Å². The molecule has 4 rings (SSSR count). The molecular formula is C19H19N3O3. The number of hydrogen-bond acceptors (Lipinski definition) is 3. The third-order valence-electron chi connectivity index (χ3n) is 4.48. The predicted molar refractivity (Wildman–Crippen MR) is 95.4 cm³/mol. The van der Waals surface area contributed by atoms with Gasteiger partial charge in [-0.3, -0.25) is 4.90 Å². The van der Waals surface area contributed by atoms with Gasteiger partial charge < -0.3 is 14.8 Å². The minimum atomic E-state index is -0.943. The molecule has 1 aromatic carbocycles. The van der Waals surface area contributed by atoms with Crippen LogP contribution in [0.4, 0.5) is 10.6 Å².